The molecule has 4 rings (SSSR count). The Morgan fingerprint density at radius 3 is 3.10 bits per heavy atom. The quantitative estimate of drug-likeness (QED) is 0.804. The summed E-state index contributed by atoms with van der Waals surface area (Å²) < 4.78 is 5.07. The maximum absolute atomic E-state index is 11.6. The second-order valence-corrected chi connectivity index (χ2v) is 6.35. The van der Waals surface area contributed by atoms with Gasteiger partial charge in [-0.25, -0.2) is 4.79 Å². The molecule has 0 aromatic heterocycles. The number of nitrogens with one attached hydrogen (secondary N) is 1. The fourth-order valence-electron chi connectivity index (χ4n) is 3.92. The SMILES string of the molecule is Cc1c(C(O)CN2C[C@@H]3C[C@H]2CN3)ccc2c1COC2=O. The number of piperazine rings is 1. The number of benzene rings is 1. The van der Waals surface area contributed by atoms with Gasteiger partial charge in [-0.1, -0.05) is 6.07 Å². The van der Waals surface area contributed by atoms with E-state index < -0.39 is 6.10 Å². The average molecular weight is 288 g/mol. The van der Waals surface area contributed by atoms with Crippen molar-refractivity contribution in [1.29, 1.82) is 0 Å². The molecule has 0 aliphatic carbocycles. The van der Waals surface area contributed by atoms with E-state index >= 15 is 0 Å². The Labute approximate surface area is 123 Å². The summed E-state index contributed by atoms with van der Waals surface area (Å²) in [5.41, 5.74) is 3.49. The van der Waals surface area contributed by atoms with E-state index in [-0.39, 0.29) is 5.97 Å². The van der Waals surface area contributed by atoms with E-state index in [1.54, 1.807) is 6.07 Å². The van der Waals surface area contributed by atoms with E-state index in [0.717, 1.165) is 29.8 Å². The first-order valence-electron chi connectivity index (χ1n) is 7.58. The van der Waals surface area contributed by atoms with Gasteiger partial charge in [0.05, 0.1) is 11.7 Å². The van der Waals surface area contributed by atoms with Crippen LogP contribution in [0.2, 0.25) is 0 Å². The molecule has 2 saturated heterocycles. The zero-order valence-corrected chi connectivity index (χ0v) is 12.1. The van der Waals surface area contributed by atoms with Gasteiger partial charge < -0.3 is 15.2 Å². The molecular formula is C16H20N2O3. The minimum Gasteiger partial charge on any atom is -0.457 e. The van der Waals surface area contributed by atoms with Crippen molar-refractivity contribution in [2.75, 3.05) is 19.6 Å². The Morgan fingerprint density at radius 2 is 2.38 bits per heavy atom. The molecule has 1 unspecified atom stereocenters. The normalized spacial score (nSPS) is 28.8. The molecule has 21 heavy (non-hydrogen) atoms. The number of aliphatic hydroxyl groups is 1. The van der Waals surface area contributed by atoms with Gasteiger partial charge in [0.2, 0.25) is 0 Å². The molecular weight excluding hydrogens is 268 g/mol. The van der Waals surface area contributed by atoms with Crippen LogP contribution in [0.15, 0.2) is 12.1 Å². The van der Waals surface area contributed by atoms with Crippen LogP contribution < -0.4 is 5.32 Å². The Balaban J connectivity index is 1.55. The minimum absolute atomic E-state index is 0.253. The Hall–Kier alpha value is -1.43. The summed E-state index contributed by atoms with van der Waals surface area (Å²) in [4.78, 5) is 13.9. The standard InChI is InChI=1S/C16H20N2O3/c1-9-12(2-3-13-14(9)8-21-16(13)20)15(19)7-18-6-10-4-11(18)5-17-10/h2-3,10-11,15,17,19H,4-8H2,1H3/t10-,11-,15?/m0/s1. The van der Waals surface area contributed by atoms with E-state index in [9.17, 15) is 9.90 Å². The fraction of sp³-hybridized carbons (Fsp3) is 0.562. The molecule has 2 N–H and O–H groups in total. The number of cyclic esters (lactones) is 1. The molecule has 1 aromatic rings. The number of β-amino-alcohol motifs (C(OH)–C–C–N with tert-alkyl or cyclic N) is 1. The lowest BCUT2D eigenvalue weighted by atomic mass is 9.95. The van der Waals surface area contributed by atoms with Gasteiger partial charge in [0, 0.05) is 37.3 Å². The van der Waals surface area contributed by atoms with Crippen LogP contribution in [-0.2, 0) is 11.3 Å². The Bertz CT molecular complexity index is 601. The van der Waals surface area contributed by atoms with Crippen molar-refractivity contribution in [2.45, 2.75) is 38.1 Å². The summed E-state index contributed by atoms with van der Waals surface area (Å²) in [6.45, 7) is 5.02. The number of carbonyl (C=O) groups excluding carboxylic acids is 1. The number of fused-ring (bicyclic) bond motifs is 3. The number of rotatable bonds is 3. The van der Waals surface area contributed by atoms with Crippen molar-refractivity contribution >= 4 is 5.97 Å². The highest BCUT2D eigenvalue weighted by molar-refractivity contribution is 5.93. The van der Waals surface area contributed by atoms with E-state index in [0.29, 0.717) is 30.8 Å². The fourth-order valence-corrected chi connectivity index (χ4v) is 3.92. The number of carbonyl (C=O) groups is 1. The highest BCUT2D eigenvalue weighted by atomic mass is 16.5. The van der Waals surface area contributed by atoms with Gasteiger partial charge in [0.25, 0.3) is 0 Å². The summed E-state index contributed by atoms with van der Waals surface area (Å²) in [5, 5.41) is 14.1. The number of nitrogens with zero attached hydrogens (tertiary/aromatic N) is 1. The molecule has 3 atom stereocenters. The first-order chi connectivity index (χ1) is 10.1. The second kappa shape index (κ2) is 4.80. The van der Waals surface area contributed by atoms with Crippen LogP contribution >= 0.6 is 0 Å². The third-order valence-corrected chi connectivity index (χ3v) is 5.14. The molecule has 1 aromatic carbocycles. The van der Waals surface area contributed by atoms with Crippen LogP contribution in [0.4, 0.5) is 0 Å². The lowest BCUT2D eigenvalue weighted by Crippen LogP contribution is -2.45. The summed E-state index contributed by atoms with van der Waals surface area (Å²) in [6, 6.07) is 4.81. The van der Waals surface area contributed by atoms with E-state index in [1.165, 1.54) is 6.42 Å². The summed E-state index contributed by atoms with van der Waals surface area (Å²) in [5.74, 6) is -0.253. The molecule has 3 heterocycles. The van der Waals surface area contributed by atoms with Gasteiger partial charge >= 0.3 is 5.97 Å². The van der Waals surface area contributed by atoms with Crippen LogP contribution in [-0.4, -0.2) is 47.7 Å². The van der Waals surface area contributed by atoms with Crippen LogP contribution in [0.25, 0.3) is 0 Å². The number of hydrogen-bond donors (Lipinski definition) is 2. The molecule has 112 valence electrons. The maximum Gasteiger partial charge on any atom is 0.338 e. The number of hydrogen-bond acceptors (Lipinski definition) is 5. The van der Waals surface area contributed by atoms with Crippen molar-refractivity contribution in [2.24, 2.45) is 0 Å². The highest BCUT2D eigenvalue weighted by Gasteiger charge is 2.38. The topological polar surface area (TPSA) is 61.8 Å². The Morgan fingerprint density at radius 1 is 1.52 bits per heavy atom. The zero-order chi connectivity index (χ0) is 14.6. The number of likely N-dealkylation sites (tertiary alicyclic amines) is 1. The van der Waals surface area contributed by atoms with Crippen LogP contribution in [0, 0.1) is 6.92 Å². The molecule has 5 heteroatoms. The lowest BCUT2D eigenvalue weighted by molar-refractivity contribution is 0.0535. The average Bonchev–Trinajstić information content (AvgIpc) is 3.15. The highest BCUT2D eigenvalue weighted by Crippen LogP contribution is 2.31. The van der Waals surface area contributed by atoms with Crippen molar-refractivity contribution in [3.05, 3.63) is 34.4 Å². The zero-order valence-electron chi connectivity index (χ0n) is 12.1. The van der Waals surface area contributed by atoms with Crippen LogP contribution in [0.1, 0.15) is 39.6 Å². The summed E-state index contributed by atoms with van der Waals surface area (Å²) in [7, 11) is 0. The Kier molecular flexibility index (Phi) is 3.03. The predicted octanol–water partition coefficient (Wildman–Crippen LogP) is 0.745. The monoisotopic (exact) mass is 288 g/mol. The van der Waals surface area contributed by atoms with E-state index in [1.807, 2.05) is 13.0 Å². The van der Waals surface area contributed by atoms with Gasteiger partial charge in [-0.3, -0.25) is 4.90 Å². The van der Waals surface area contributed by atoms with Crippen molar-refractivity contribution in [3.63, 3.8) is 0 Å². The molecule has 0 spiro atoms. The molecule has 2 bridgehead atoms. The van der Waals surface area contributed by atoms with Gasteiger partial charge in [0.15, 0.2) is 0 Å². The van der Waals surface area contributed by atoms with E-state index in [2.05, 4.69) is 10.2 Å². The number of aliphatic hydroxyl groups excluding tert-OH is 1. The lowest BCUT2D eigenvalue weighted by Gasteiger charge is -2.29. The first kappa shape index (κ1) is 13.2. The molecule has 0 saturated carbocycles. The molecule has 0 radical (unpaired) electrons. The first-order valence-corrected chi connectivity index (χ1v) is 7.58. The van der Waals surface area contributed by atoms with Crippen LogP contribution in [0.3, 0.4) is 0 Å². The van der Waals surface area contributed by atoms with Crippen LogP contribution in [0.5, 0.6) is 0 Å². The van der Waals surface area contributed by atoms with Gasteiger partial charge in [-0.15, -0.1) is 0 Å². The smallest absolute Gasteiger partial charge is 0.338 e. The molecule has 0 amide bonds. The maximum atomic E-state index is 11.6. The molecule has 3 aliphatic rings. The largest absolute Gasteiger partial charge is 0.457 e. The molecule has 2 fully saturated rings. The van der Waals surface area contributed by atoms with Gasteiger partial charge in [-0.05, 0) is 30.5 Å². The molecule has 3 aliphatic heterocycles. The van der Waals surface area contributed by atoms with Crippen molar-refractivity contribution in [3.8, 4) is 0 Å². The number of ether oxygens (including phenoxy) is 1. The van der Waals surface area contributed by atoms with Gasteiger partial charge in [-0.2, -0.15) is 0 Å². The second-order valence-electron chi connectivity index (χ2n) is 6.35. The predicted molar refractivity (Wildman–Crippen MR) is 77.0 cm³/mol. The summed E-state index contributed by atoms with van der Waals surface area (Å²) in [6.07, 6.45) is 0.684. The third-order valence-electron chi connectivity index (χ3n) is 5.14. The van der Waals surface area contributed by atoms with Gasteiger partial charge in [0.1, 0.15) is 6.61 Å². The number of esters is 1. The third kappa shape index (κ3) is 2.08. The van der Waals surface area contributed by atoms with E-state index in [4.69, 9.17) is 4.74 Å². The summed E-state index contributed by atoms with van der Waals surface area (Å²) >= 11 is 0. The molecule has 5 nitrogen and oxygen atoms in total. The minimum atomic E-state index is -0.509. The van der Waals surface area contributed by atoms with Crippen molar-refractivity contribution in [1.82, 2.24) is 10.2 Å². The van der Waals surface area contributed by atoms with Crippen molar-refractivity contribution < 1.29 is 14.6 Å².